The molecule has 38 heavy (non-hydrogen) atoms. The van der Waals surface area contributed by atoms with E-state index in [-0.39, 0.29) is 29.3 Å². The summed E-state index contributed by atoms with van der Waals surface area (Å²) in [6.07, 6.45) is 2.35. The van der Waals surface area contributed by atoms with E-state index >= 15 is 0 Å². The zero-order valence-electron chi connectivity index (χ0n) is 20.5. The number of phenolic OH excluding ortho intramolecular Hbond substituents is 1. The topological polar surface area (TPSA) is 97.4 Å². The second-order valence-electron chi connectivity index (χ2n) is 9.14. The number of rotatable bonds is 7. The number of hydrogen-bond acceptors (Lipinski definition) is 6. The zero-order chi connectivity index (χ0) is 26.8. The molecule has 3 aromatic carbocycles. The standard InChI is InChI=1S/C30H24FN3O3S/c1-18-12-25(35)10-11-26(18)28-29(38-17-27(36)21-2-6-23(31)7-3-21)30(37)34(28)24-8-4-20(5-9-24)22-13-19(14-32)15-33-16-22/h2-13,15-16,27-29,35-36H,17H2,1H3/t27-,28-,29-/m1/s1. The van der Waals surface area contributed by atoms with Gasteiger partial charge in [0.25, 0.3) is 0 Å². The molecule has 5 rings (SSSR count). The number of hydrogen-bond donors (Lipinski definition) is 2. The van der Waals surface area contributed by atoms with Crippen molar-refractivity contribution in [2.24, 2.45) is 0 Å². The maximum Gasteiger partial charge on any atom is 0.243 e. The molecule has 1 aliphatic rings. The number of thioether (sulfide) groups is 1. The van der Waals surface area contributed by atoms with Crippen LogP contribution in [0, 0.1) is 24.1 Å². The van der Waals surface area contributed by atoms with Gasteiger partial charge < -0.3 is 15.1 Å². The van der Waals surface area contributed by atoms with Gasteiger partial charge >= 0.3 is 0 Å². The summed E-state index contributed by atoms with van der Waals surface area (Å²) in [6, 6.07) is 21.9. The first kappa shape index (κ1) is 25.5. The number of benzene rings is 3. The van der Waals surface area contributed by atoms with E-state index in [1.54, 1.807) is 41.4 Å². The highest BCUT2D eigenvalue weighted by molar-refractivity contribution is 8.00. The van der Waals surface area contributed by atoms with E-state index in [1.165, 1.54) is 30.1 Å². The van der Waals surface area contributed by atoms with Crippen LogP contribution in [0.2, 0.25) is 0 Å². The molecular formula is C30H24FN3O3S. The van der Waals surface area contributed by atoms with Crippen LogP contribution < -0.4 is 4.90 Å². The molecule has 8 heteroatoms. The Bertz CT molecular complexity index is 1520. The summed E-state index contributed by atoms with van der Waals surface area (Å²) >= 11 is 1.36. The Morgan fingerprint density at radius 2 is 1.79 bits per heavy atom. The molecule has 0 bridgehead atoms. The molecule has 0 saturated carbocycles. The van der Waals surface area contributed by atoms with Gasteiger partial charge in [-0.05, 0) is 71.6 Å². The number of pyridine rings is 1. The first-order valence-electron chi connectivity index (χ1n) is 12.0. The van der Waals surface area contributed by atoms with E-state index < -0.39 is 11.4 Å². The number of anilines is 1. The van der Waals surface area contributed by atoms with Crippen LogP contribution in [0.4, 0.5) is 10.1 Å². The molecule has 6 nitrogen and oxygen atoms in total. The van der Waals surface area contributed by atoms with E-state index in [4.69, 9.17) is 5.26 Å². The van der Waals surface area contributed by atoms with Gasteiger partial charge in [0, 0.05) is 29.4 Å². The van der Waals surface area contributed by atoms with Gasteiger partial charge in [0.2, 0.25) is 5.91 Å². The van der Waals surface area contributed by atoms with Crippen LogP contribution in [0.3, 0.4) is 0 Å². The predicted octanol–water partition coefficient (Wildman–Crippen LogP) is 5.70. The summed E-state index contributed by atoms with van der Waals surface area (Å²) in [5, 5.41) is 29.3. The highest BCUT2D eigenvalue weighted by Gasteiger charge is 2.49. The van der Waals surface area contributed by atoms with Crippen molar-refractivity contribution in [2.45, 2.75) is 24.3 Å². The lowest BCUT2D eigenvalue weighted by atomic mass is 9.89. The lowest BCUT2D eigenvalue weighted by Crippen LogP contribution is -2.58. The fraction of sp³-hybridized carbons (Fsp3) is 0.167. The third-order valence-corrected chi connectivity index (χ3v) is 7.98. The number of phenols is 1. The third kappa shape index (κ3) is 4.99. The number of halogens is 1. The molecule has 0 unspecified atom stereocenters. The van der Waals surface area contributed by atoms with Crippen molar-refractivity contribution in [2.75, 3.05) is 10.7 Å². The summed E-state index contributed by atoms with van der Waals surface area (Å²) < 4.78 is 13.3. The number of carbonyl (C=O) groups excluding carboxylic acids is 1. The van der Waals surface area contributed by atoms with E-state index in [1.807, 2.05) is 37.3 Å². The van der Waals surface area contributed by atoms with Gasteiger partial charge in [0.1, 0.15) is 22.9 Å². The maximum absolute atomic E-state index is 13.4. The Morgan fingerprint density at radius 3 is 2.47 bits per heavy atom. The fourth-order valence-corrected chi connectivity index (χ4v) is 5.94. The summed E-state index contributed by atoms with van der Waals surface area (Å²) in [6.45, 7) is 1.89. The van der Waals surface area contributed by atoms with E-state index in [2.05, 4.69) is 11.1 Å². The second-order valence-corrected chi connectivity index (χ2v) is 10.3. The van der Waals surface area contributed by atoms with Crippen LogP contribution in [-0.4, -0.2) is 32.1 Å². The number of nitrogens with zero attached hydrogens (tertiary/aromatic N) is 3. The summed E-state index contributed by atoms with van der Waals surface area (Å²) in [5.74, 6) is -0.0389. The van der Waals surface area contributed by atoms with Gasteiger partial charge in [-0.15, -0.1) is 11.8 Å². The summed E-state index contributed by atoms with van der Waals surface area (Å²) in [5.41, 5.74) is 5.22. The lowest BCUT2D eigenvalue weighted by Gasteiger charge is -2.47. The van der Waals surface area contributed by atoms with Crippen molar-refractivity contribution in [3.05, 3.63) is 113 Å². The van der Waals surface area contributed by atoms with Gasteiger partial charge in [0.05, 0.1) is 17.7 Å². The zero-order valence-corrected chi connectivity index (χ0v) is 21.3. The molecule has 1 aromatic heterocycles. The molecule has 1 amide bonds. The first-order chi connectivity index (χ1) is 18.4. The first-order valence-corrected chi connectivity index (χ1v) is 13.0. The molecule has 1 aliphatic heterocycles. The van der Waals surface area contributed by atoms with Gasteiger partial charge in [-0.1, -0.05) is 30.3 Å². The second kappa shape index (κ2) is 10.7. The average molecular weight is 526 g/mol. The summed E-state index contributed by atoms with van der Waals surface area (Å²) in [4.78, 5) is 19.3. The number of aliphatic hydroxyl groups excluding tert-OH is 1. The van der Waals surface area contributed by atoms with Crippen LogP contribution in [-0.2, 0) is 4.79 Å². The fourth-order valence-electron chi connectivity index (χ4n) is 4.66. The van der Waals surface area contributed by atoms with Gasteiger partial charge in [-0.2, -0.15) is 5.26 Å². The molecular weight excluding hydrogens is 501 g/mol. The number of nitriles is 1. The van der Waals surface area contributed by atoms with Crippen molar-refractivity contribution >= 4 is 23.4 Å². The van der Waals surface area contributed by atoms with Crippen molar-refractivity contribution in [3.8, 4) is 22.9 Å². The number of carbonyl (C=O) groups is 1. The Labute approximate surface area is 224 Å². The highest BCUT2D eigenvalue weighted by Crippen LogP contribution is 2.47. The number of aliphatic hydroxyl groups is 1. The number of aromatic hydroxyl groups is 1. The summed E-state index contributed by atoms with van der Waals surface area (Å²) in [7, 11) is 0. The molecule has 1 saturated heterocycles. The Hall–Kier alpha value is -4.19. The third-order valence-electron chi connectivity index (χ3n) is 6.65. The molecule has 0 radical (unpaired) electrons. The SMILES string of the molecule is Cc1cc(O)ccc1[C@@H]1[C@@H](SC[C@@H](O)c2ccc(F)cc2)C(=O)N1c1ccc(-c2cncc(C#N)c2)cc1. The number of β-lactam (4-membered cyclic amide) rings is 1. The van der Waals surface area contributed by atoms with Crippen molar-refractivity contribution in [1.29, 1.82) is 5.26 Å². The predicted molar refractivity (Wildman–Crippen MR) is 145 cm³/mol. The molecule has 0 aliphatic carbocycles. The van der Waals surface area contributed by atoms with Crippen LogP contribution in [0.1, 0.15) is 34.4 Å². The normalized spacial score (nSPS) is 17.5. The van der Waals surface area contributed by atoms with Gasteiger partial charge in [-0.25, -0.2) is 4.39 Å². The molecule has 2 N–H and O–H groups in total. The molecule has 4 aromatic rings. The van der Waals surface area contributed by atoms with Gasteiger partial charge in [-0.3, -0.25) is 9.78 Å². The van der Waals surface area contributed by atoms with Crippen molar-refractivity contribution < 1.29 is 19.4 Å². The van der Waals surface area contributed by atoms with Crippen LogP contribution in [0.25, 0.3) is 11.1 Å². The highest BCUT2D eigenvalue weighted by atomic mass is 32.2. The smallest absolute Gasteiger partial charge is 0.243 e. The monoisotopic (exact) mass is 525 g/mol. The minimum absolute atomic E-state index is 0.0836. The van der Waals surface area contributed by atoms with E-state index in [0.717, 1.165) is 27.9 Å². The molecule has 2 heterocycles. The molecule has 3 atom stereocenters. The van der Waals surface area contributed by atoms with Crippen LogP contribution in [0.15, 0.2) is 85.2 Å². The lowest BCUT2D eigenvalue weighted by molar-refractivity contribution is -0.123. The molecule has 190 valence electrons. The number of aryl methyl sites for hydroxylation is 1. The Kier molecular flexibility index (Phi) is 7.14. The van der Waals surface area contributed by atoms with E-state index in [9.17, 15) is 19.4 Å². The van der Waals surface area contributed by atoms with Crippen LogP contribution in [0.5, 0.6) is 5.75 Å². The van der Waals surface area contributed by atoms with Crippen LogP contribution >= 0.6 is 11.8 Å². The molecule has 0 spiro atoms. The number of amides is 1. The van der Waals surface area contributed by atoms with Gasteiger partial charge in [0.15, 0.2) is 0 Å². The Morgan fingerprint density at radius 1 is 1.05 bits per heavy atom. The molecule has 1 fully saturated rings. The van der Waals surface area contributed by atoms with E-state index in [0.29, 0.717) is 11.1 Å². The maximum atomic E-state index is 13.4. The largest absolute Gasteiger partial charge is 0.508 e. The minimum Gasteiger partial charge on any atom is -0.508 e. The van der Waals surface area contributed by atoms with Crippen molar-refractivity contribution in [3.63, 3.8) is 0 Å². The van der Waals surface area contributed by atoms with Crippen molar-refractivity contribution in [1.82, 2.24) is 4.98 Å². The average Bonchev–Trinajstić information content (AvgIpc) is 2.93. The quantitative estimate of drug-likeness (QED) is 0.301. The Balaban J connectivity index is 1.41. The minimum atomic E-state index is -0.846. The number of aromatic nitrogens is 1.